The van der Waals surface area contributed by atoms with Crippen LogP contribution in [-0.2, 0) is 9.53 Å². The second-order valence-electron chi connectivity index (χ2n) is 8.15. The van der Waals surface area contributed by atoms with Gasteiger partial charge >= 0.3 is 5.97 Å². The Morgan fingerprint density at radius 2 is 1.94 bits per heavy atom. The first-order valence-corrected chi connectivity index (χ1v) is 10.1. The van der Waals surface area contributed by atoms with Crippen molar-refractivity contribution < 1.29 is 36.6 Å². The van der Waals surface area contributed by atoms with Crippen LogP contribution >= 0.6 is 0 Å². The minimum Gasteiger partial charge on any atom is -0.494 e. The maximum atomic E-state index is 14.9. The van der Waals surface area contributed by atoms with Gasteiger partial charge in [0.25, 0.3) is 5.92 Å². The molecule has 33 heavy (non-hydrogen) atoms. The van der Waals surface area contributed by atoms with Gasteiger partial charge in [0.05, 0.1) is 43.8 Å². The van der Waals surface area contributed by atoms with Crippen LogP contribution in [0, 0.1) is 11.6 Å². The molecule has 2 N–H and O–H groups in total. The molecule has 4 rings (SSSR count). The Hall–Kier alpha value is -3.21. The average molecular weight is 467 g/mol. The number of halogens is 4. The van der Waals surface area contributed by atoms with E-state index in [2.05, 4.69) is 4.98 Å². The molecule has 2 heterocycles. The van der Waals surface area contributed by atoms with Crippen LogP contribution in [0.25, 0.3) is 11.3 Å². The van der Waals surface area contributed by atoms with Crippen molar-refractivity contribution in [1.29, 1.82) is 0 Å². The van der Waals surface area contributed by atoms with E-state index in [1.807, 2.05) is 0 Å². The van der Waals surface area contributed by atoms with Gasteiger partial charge < -0.3 is 20.1 Å². The van der Waals surface area contributed by atoms with Crippen LogP contribution in [0.1, 0.15) is 29.6 Å². The molecule has 2 fully saturated rings. The van der Waals surface area contributed by atoms with Crippen LogP contribution in [0.3, 0.4) is 0 Å². The maximum absolute atomic E-state index is 14.9. The molecule has 0 radical (unpaired) electrons. The van der Waals surface area contributed by atoms with Crippen LogP contribution in [0.2, 0.25) is 0 Å². The fourth-order valence-corrected chi connectivity index (χ4v) is 4.70. The lowest BCUT2D eigenvalue weighted by atomic mass is 9.82. The van der Waals surface area contributed by atoms with E-state index in [1.54, 1.807) is 0 Å². The van der Waals surface area contributed by atoms with Crippen molar-refractivity contribution in [3.05, 3.63) is 41.6 Å². The zero-order chi connectivity index (χ0) is 24.1. The van der Waals surface area contributed by atoms with Gasteiger partial charge in [0.1, 0.15) is 17.4 Å². The smallest absolute Gasteiger partial charge is 0.340 e. The van der Waals surface area contributed by atoms with Gasteiger partial charge in [-0.15, -0.1) is 0 Å². The summed E-state index contributed by atoms with van der Waals surface area (Å²) in [6, 6.07) is 1.13. The number of rotatable bonds is 4. The number of pyridine rings is 1. The Balaban J connectivity index is 1.85. The Labute approximate surface area is 186 Å². The van der Waals surface area contributed by atoms with Crippen molar-refractivity contribution in [3.63, 3.8) is 0 Å². The van der Waals surface area contributed by atoms with Crippen LogP contribution in [0.15, 0.2) is 24.4 Å². The second-order valence-corrected chi connectivity index (χ2v) is 8.15. The number of anilines is 1. The highest BCUT2D eigenvalue weighted by Gasteiger charge is 2.66. The molecule has 1 aliphatic heterocycles. The molecule has 1 saturated carbocycles. The summed E-state index contributed by atoms with van der Waals surface area (Å²) >= 11 is 0. The first-order valence-electron chi connectivity index (χ1n) is 10.1. The Kier molecular flexibility index (Phi) is 5.55. The Morgan fingerprint density at radius 3 is 2.61 bits per heavy atom. The minimum atomic E-state index is -3.43. The van der Waals surface area contributed by atoms with E-state index in [1.165, 1.54) is 12.0 Å². The molecule has 1 saturated heterocycles. The minimum absolute atomic E-state index is 0.0334. The number of benzene rings is 1. The molecule has 176 valence electrons. The number of Topliss-reactive ketones (excluding diaryl/α,β-unsaturated/α-hetero) is 1. The maximum Gasteiger partial charge on any atom is 0.340 e. The summed E-state index contributed by atoms with van der Waals surface area (Å²) in [5.41, 5.74) is 3.75. The average Bonchev–Trinajstić information content (AvgIpc) is 2.97. The third-order valence-corrected chi connectivity index (χ3v) is 6.22. The van der Waals surface area contributed by atoms with Crippen molar-refractivity contribution >= 4 is 17.4 Å². The largest absolute Gasteiger partial charge is 0.494 e. The van der Waals surface area contributed by atoms with Crippen molar-refractivity contribution in [1.82, 2.24) is 4.98 Å². The zero-order valence-corrected chi connectivity index (χ0v) is 17.8. The Bertz CT molecular complexity index is 1140. The standard InChI is InChI=1S/C22H21F4N3O4/c1-32-17-8-13(23)11(6-14(17)24)15-7-12(19(31)33-2)16(10-28-15)29-5-3-4-21(27)18(30)9-22(25,26)20(21)29/h6-8,10,20H,3-5,9,27H2,1-2H3/t20?,21-/m0/s1. The third kappa shape index (κ3) is 3.60. The predicted octanol–water partition coefficient (Wildman–Crippen LogP) is 3.10. The van der Waals surface area contributed by atoms with E-state index < -0.39 is 47.3 Å². The van der Waals surface area contributed by atoms with E-state index in [9.17, 15) is 27.2 Å². The zero-order valence-electron chi connectivity index (χ0n) is 17.8. The molecule has 2 aromatic rings. The number of nitrogens with two attached hydrogens (primary N) is 1. The van der Waals surface area contributed by atoms with Crippen molar-refractivity contribution in [2.45, 2.75) is 36.8 Å². The SMILES string of the molecule is COC(=O)c1cc(-c2cc(F)c(OC)cc2F)ncc1N1CCC[C@]2(N)C(=O)CC(F)(F)C12. The van der Waals surface area contributed by atoms with E-state index in [-0.39, 0.29) is 41.2 Å². The van der Waals surface area contributed by atoms with Gasteiger partial charge in [-0.05, 0) is 25.0 Å². The molecule has 1 unspecified atom stereocenters. The second kappa shape index (κ2) is 7.98. The number of esters is 1. The normalized spacial score (nSPS) is 23.9. The summed E-state index contributed by atoms with van der Waals surface area (Å²) in [6.45, 7) is 0.0863. The molecule has 1 aliphatic carbocycles. The van der Waals surface area contributed by atoms with Gasteiger partial charge in [-0.1, -0.05) is 0 Å². The molecule has 0 bridgehead atoms. The first-order chi connectivity index (χ1) is 15.5. The molecule has 1 aromatic carbocycles. The highest BCUT2D eigenvalue weighted by molar-refractivity contribution is 5.98. The van der Waals surface area contributed by atoms with E-state index in [4.69, 9.17) is 15.2 Å². The highest BCUT2D eigenvalue weighted by Crippen LogP contribution is 2.48. The quantitative estimate of drug-likeness (QED) is 0.546. The summed E-state index contributed by atoms with van der Waals surface area (Å²) in [7, 11) is 2.27. The van der Waals surface area contributed by atoms with Crippen molar-refractivity contribution in [2.75, 3.05) is 25.7 Å². The van der Waals surface area contributed by atoms with Crippen molar-refractivity contribution in [2.24, 2.45) is 5.73 Å². The van der Waals surface area contributed by atoms with Crippen LogP contribution in [0.4, 0.5) is 23.2 Å². The summed E-state index contributed by atoms with van der Waals surface area (Å²) in [6.07, 6.45) is 0.515. The number of piperidine rings is 1. The number of ether oxygens (including phenoxy) is 2. The monoisotopic (exact) mass is 467 g/mol. The molecule has 7 nitrogen and oxygen atoms in total. The summed E-state index contributed by atoms with van der Waals surface area (Å²) in [5.74, 6) is -7.11. The van der Waals surface area contributed by atoms with Gasteiger partial charge in [0, 0.05) is 18.2 Å². The molecule has 11 heteroatoms. The molecule has 1 aromatic heterocycles. The van der Waals surface area contributed by atoms with E-state index in [0.29, 0.717) is 6.42 Å². The van der Waals surface area contributed by atoms with Gasteiger partial charge in [0.15, 0.2) is 17.3 Å². The molecular formula is C22H21F4N3O4. The number of ketones is 1. The van der Waals surface area contributed by atoms with Gasteiger partial charge in [-0.2, -0.15) is 0 Å². The molecular weight excluding hydrogens is 446 g/mol. The highest BCUT2D eigenvalue weighted by atomic mass is 19.3. The van der Waals surface area contributed by atoms with E-state index >= 15 is 0 Å². The summed E-state index contributed by atoms with van der Waals surface area (Å²) in [5, 5.41) is 0. The number of aromatic nitrogens is 1. The topological polar surface area (TPSA) is 94.8 Å². The van der Waals surface area contributed by atoms with Crippen LogP contribution in [0.5, 0.6) is 5.75 Å². The number of methoxy groups -OCH3 is 2. The lowest BCUT2D eigenvalue weighted by molar-refractivity contribution is -0.123. The molecule has 0 amide bonds. The Morgan fingerprint density at radius 1 is 1.21 bits per heavy atom. The number of alkyl halides is 2. The van der Waals surface area contributed by atoms with E-state index in [0.717, 1.165) is 31.5 Å². The number of hydrogen-bond acceptors (Lipinski definition) is 7. The first kappa shape index (κ1) is 23.0. The van der Waals surface area contributed by atoms with Gasteiger partial charge in [-0.3, -0.25) is 9.78 Å². The van der Waals surface area contributed by atoms with Gasteiger partial charge in [-0.25, -0.2) is 22.4 Å². The summed E-state index contributed by atoms with van der Waals surface area (Å²) in [4.78, 5) is 30.2. The number of nitrogens with zero attached hydrogens (tertiary/aromatic N) is 2. The number of carbonyl (C=O) groups excluding carboxylic acids is 2. The fourth-order valence-electron chi connectivity index (χ4n) is 4.70. The number of hydrogen-bond donors (Lipinski definition) is 1. The van der Waals surface area contributed by atoms with Crippen LogP contribution < -0.4 is 15.4 Å². The van der Waals surface area contributed by atoms with Crippen LogP contribution in [-0.4, -0.2) is 55.0 Å². The molecule has 2 aliphatic rings. The fraction of sp³-hybridized carbons (Fsp3) is 0.409. The lowest BCUT2D eigenvalue weighted by Crippen LogP contribution is -2.66. The van der Waals surface area contributed by atoms with Gasteiger partial charge in [0.2, 0.25) is 0 Å². The predicted molar refractivity (Wildman–Crippen MR) is 109 cm³/mol. The van der Waals surface area contributed by atoms with Crippen molar-refractivity contribution in [3.8, 4) is 17.0 Å². The number of carbonyl (C=O) groups is 2. The molecule has 0 spiro atoms. The molecule has 2 atom stereocenters. The number of fused-ring (bicyclic) bond motifs is 1. The lowest BCUT2D eigenvalue weighted by Gasteiger charge is -2.46. The summed E-state index contributed by atoms with van der Waals surface area (Å²) < 4.78 is 68.0. The third-order valence-electron chi connectivity index (χ3n) is 6.22.